The van der Waals surface area contributed by atoms with Gasteiger partial charge in [-0.2, -0.15) is 0 Å². The summed E-state index contributed by atoms with van der Waals surface area (Å²) >= 11 is 1.38. The number of thiophene rings is 1. The molecule has 1 aromatic heterocycles. The maximum absolute atomic E-state index is 12.3. The lowest BCUT2D eigenvalue weighted by molar-refractivity contribution is 0.0895. The van der Waals surface area contributed by atoms with Crippen LogP contribution in [0.25, 0.3) is 10.1 Å². The smallest absolute Gasteiger partial charge is 0.180 e. The number of Topliss-reactive ketones (excluding diaryl/α,β-unsaturated/α-hetero) is 2. The number of ketones is 2. The number of fused-ring (bicyclic) bond motifs is 1. The standard InChI is InChI=1S/C18H14O3S/c1-11-6-7-13(14(19)8-11)15(20)10-16(21)18-9-12-4-2-3-5-17(12)22-18/h2-9,19H,10H2,1H3. The van der Waals surface area contributed by atoms with Crippen LogP contribution in [0.4, 0.5) is 0 Å². The Bertz CT molecular complexity index is 844. The molecule has 0 unspecified atom stereocenters. The Morgan fingerprint density at radius 3 is 2.55 bits per heavy atom. The normalized spacial score (nSPS) is 10.8. The highest BCUT2D eigenvalue weighted by Crippen LogP contribution is 2.27. The van der Waals surface area contributed by atoms with Crippen molar-refractivity contribution in [2.45, 2.75) is 13.3 Å². The predicted octanol–water partition coefficient (Wildman–Crippen LogP) is 4.37. The molecule has 1 heterocycles. The van der Waals surface area contributed by atoms with Gasteiger partial charge in [0.1, 0.15) is 5.75 Å². The third kappa shape index (κ3) is 2.78. The van der Waals surface area contributed by atoms with Crippen LogP contribution in [0.3, 0.4) is 0 Å². The molecule has 110 valence electrons. The highest BCUT2D eigenvalue weighted by molar-refractivity contribution is 7.20. The molecule has 0 aliphatic carbocycles. The van der Waals surface area contributed by atoms with Crippen LogP contribution in [0.2, 0.25) is 0 Å². The molecule has 2 aromatic carbocycles. The lowest BCUT2D eigenvalue weighted by atomic mass is 10.0. The van der Waals surface area contributed by atoms with E-state index in [4.69, 9.17) is 0 Å². The van der Waals surface area contributed by atoms with Crippen LogP contribution in [-0.4, -0.2) is 16.7 Å². The van der Waals surface area contributed by atoms with E-state index in [1.54, 1.807) is 12.1 Å². The molecule has 3 nitrogen and oxygen atoms in total. The van der Waals surface area contributed by atoms with Crippen molar-refractivity contribution in [2.24, 2.45) is 0 Å². The zero-order chi connectivity index (χ0) is 15.7. The Hall–Kier alpha value is -2.46. The van der Waals surface area contributed by atoms with Gasteiger partial charge in [0, 0.05) is 4.70 Å². The monoisotopic (exact) mass is 310 g/mol. The summed E-state index contributed by atoms with van der Waals surface area (Å²) in [5.41, 5.74) is 1.06. The molecule has 0 radical (unpaired) electrons. The number of phenols is 1. The van der Waals surface area contributed by atoms with Crippen molar-refractivity contribution < 1.29 is 14.7 Å². The minimum Gasteiger partial charge on any atom is -0.507 e. The average Bonchev–Trinajstić information content (AvgIpc) is 2.91. The number of carbonyl (C=O) groups excluding carboxylic acids is 2. The van der Waals surface area contributed by atoms with E-state index in [0.29, 0.717) is 4.88 Å². The molecule has 0 spiro atoms. The molecule has 22 heavy (non-hydrogen) atoms. The van der Waals surface area contributed by atoms with E-state index < -0.39 is 0 Å². The quantitative estimate of drug-likeness (QED) is 0.575. The summed E-state index contributed by atoms with van der Waals surface area (Å²) in [4.78, 5) is 25.1. The minimum atomic E-state index is -0.361. The summed E-state index contributed by atoms with van der Waals surface area (Å²) < 4.78 is 1.02. The second-order valence-corrected chi connectivity index (χ2v) is 6.28. The second kappa shape index (κ2) is 5.73. The van der Waals surface area contributed by atoms with Crippen LogP contribution in [0.1, 0.15) is 32.0 Å². The van der Waals surface area contributed by atoms with E-state index in [1.165, 1.54) is 17.4 Å². The lowest BCUT2D eigenvalue weighted by Gasteiger charge is -2.03. The molecular formula is C18H14O3S. The topological polar surface area (TPSA) is 54.4 Å². The van der Waals surface area contributed by atoms with Crippen LogP contribution < -0.4 is 0 Å². The van der Waals surface area contributed by atoms with Gasteiger partial charge >= 0.3 is 0 Å². The maximum atomic E-state index is 12.3. The van der Waals surface area contributed by atoms with Crippen molar-refractivity contribution in [1.82, 2.24) is 0 Å². The van der Waals surface area contributed by atoms with Gasteiger partial charge in [-0.05, 0) is 42.1 Å². The maximum Gasteiger partial charge on any atom is 0.180 e. The Morgan fingerprint density at radius 2 is 1.82 bits per heavy atom. The Morgan fingerprint density at radius 1 is 1.05 bits per heavy atom. The van der Waals surface area contributed by atoms with Crippen molar-refractivity contribution in [3.05, 3.63) is 64.5 Å². The molecule has 4 heteroatoms. The van der Waals surface area contributed by atoms with E-state index in [2.05, 4.69) is 0 Å². The SMILES string of the molecule is Cc1ccc(C(=O)CC(=O)c2cc3ccccc3s2)c(O)c1. The summed E-state index contributed by atoms with van der Waals surface area (Å²) in [6.07, 6.45) is -0.233. The number of benzene rings is 2. The van der Waals surface area contributed by atoms with Crippen LogP contribution in [0, 0.1) is 6.92 Å². The molecule has 0 aliphatic rings. The van der Waals surface area contributed by atoms with Crippen LogP contribution in [0.15, 0.2) is 48.5 Å². The molecule has 0 atom stereocenters. The third-order valence-corrected chi connectivity index (χ3v) is 4.63. The first-order valence-corrected chi connectivity index (χ1v) is 7.71. The summed E-state index contributed by atoms with van der Waals surface area (Å²) in [5.74, 6) is -0.653. The molecule has 0 saturated carbocycles. The van der Waals surface area contributed by atoms with Crippen molar-refractivity contribution in [2.75, 3.05) is 0 Å². The van der Waals surface area contributed by atoms with Gasteiger partial charge in [-0.1, -0.05) is 24.3 Å². The van der Waals surface area contributed by atoms with Crippen molar-refractivity contribution in [3.63, 3.8) is 0 Å². The summed E-state index contributed by atoms with van der Waals surface area (Å²) in [6.45, 7) is 1.83. The van der Waals surface area contributed by atoms with E-state index in [9.17, 15) is 14.7 Å². The number of hydrogen-bond acceptors (Lipinski definition) is 4. The molecule has 1 N–H and O–H groups in total. The number of aryl methyl sites for hydroxylation is 1. The number of carbonyl (C=O) groups is 2. The van der Waals surface area contributed by atoms with Gasteiger partial charge in [0.15, 0.2) is 11.6 Å². The summed E-state index contributed by atoms with van der Waals surface area (Å²) in [6, 6.07) is 14.4. The fourth-order valence-electron chi connectivity index (χ4n) is 2.32. The number of hydrogen-bond donors (Lipinski definition) is 1. The van der Waals surface area contributed by atoms with E-state index in [1.807, 2.05) is 37.3 Å². The van der Waals surface area contributed by atoms with Gasteiger partial charge in [-0.15, -0.1) is 11.3 Å². The van der Waals surface area contributed by atoms with E-state index in [-0.39, 0.29) is 29.3 Å². The molecule has 0 bridgehead atoms. The molecule has 0 fully saturated rings. The Labute approximate surface area is 131 Å². The number of phenolic OH excluding ortho intramolecular Hbond substituents is 1. The molecule has 3 aromatic rings. The van der Waals surface area contributed by atoms with Gasteiger partial charge < -0.3 is 5.11 Å². The molecule has 0 aliphatic heterocycles. The highest BCUT2D eigenvalue weighted by Gasteiger charge is 2.18. The molecule has 0 saturated heterocycles. The zero-order valence-corrected chi connectivity index (χ0v) is 12.8. The first-order valence-electron chi connectivity index (χ1n) is 6.89. The minimum absolute atomic E-state index is 0.0749. The van der Waals surface area contributed by atoms with Gasteiger partial charge in [-0.25, -0.2) is 0 Å². The van der Waals surface area contributed by atoms with Crippen LogP contribution in [-0.2, 0) is 0 Å². The highest BCUT2D eigenvalue weighted by atomic mass is 32.1. The van der Waals surface area contributed by atoms with Crippen LogP contribution in [0.5, 0.6) is 5.75 Å². The van der Waals surface area contributed by atoms with Crippen LogP contribution >= 0.6 is 11.3 Å². The fraction of sp³-hybridized carbons (Fsp3) is 0.111. The molecule has 0 amide bonds. The Kier molecular flexibility index (Phi) is 3.77. The number of rotatable bonds is 4. The zero-order valence-electron chi connectivity index (χ0n) is 12.0. The lowest BCUT2D eigenvalue weighted by Crippen LogP contribution is -2.07. The Balaban J connectivity index is 1.82. The van der Waals surface area contributed by atoms with Gasteiger partial charge in [0.25, 0.3) is 0 Å². The van der Waals surface area contributed by atoms with E-state index >= 15 is 0 Å². The van der Waals surface area contributed by atoms with Gasteiger partial charge in [0.2, 0.25) is 0 Å². The second-order valence-electron chi connectivity index (χ2n) is 5.19. The molecule has 3 rings (SSSR count). The number of aromatic hydroxyl groups is 1. The molecular weight excluding hydrogens is 296 g/mol. The first-order chi connectivity index (χ1) is 10.5. The predicted molar refractivity (Wildman–Crippen MR) is 87.9 cm³/mol. The average molecular weight is 310 g/mol. The third-order valence-electron chi connectivity index (χ3n) is 3.48. The van der Waals surface area contributed by atoms with E-state index in [0.717, 1.165) is 15.6 Å². The van der Waals surface area contributed by atoms with Crippen molar-refractivity contribution >= 4 is 33.0 Å². The first kappa shape index (κ1) is 14.5. The van der Waals surface area contributed by atoms with Crippen molar-refractivity contribution in [1.29, 1.82) is 0 Å². The largest absolute Gasteiger partial charge is 0.507 e. The van der Waals surface area contributed by atoms with Gasteiger partial charge in [-0.3, -0.25) is 9.59 Å². The van der Waals surface area contributed by atoms with Crippen molar-refractivity contribution in [3.8, 4) is 5.75 Å². The fourth-order valence-corrected chi connectivity index (χ4v) is 3.33. The summed E-state index contributed by atoms with van der Waals surface area (Å²) in [5, 5.41) is 10.8. The summed E-state index contributed by atoms with van der Waals surface area (Å²) in [7, 11) is 0. The van der Waals surface area contributed by atoms with Gasteiger partial charge in [0.05, 0.1) is 16.9 Å².